The first kappa shape index (κ1) is 24.7. The number of alkyl halides is 3. The average Bonchev–Trinajstić information content (AvgIpc) is 3.26. The van der Waals surface area contributed by atoms with Gasteiger partial charge < -0.3 is 14.4 Å². The monoisotopic (exact) mass is 476 g/mol. The fraction of sp³-hybridized carbons (Fsp3) is 0.304. The number of methoxy groups -OCH3 is 1. The average molecular weight is 476 g/mol. The number of pyridine rings is 1. The van der Waals surface area contributed by atoms with Gasteiger partial charge in [0.25, 0.3) is 5.91 Å². The van der Waals surface area contributed by atoms with Crippen molar-refractivity contribution >= 4 is 11.9 Å². The summed E-state index contributed by atoms with van der Waals surface area (Å²) in [5, 5.41) is 4.20. The number of hydrogen-bond donors (Lipinski definition) is 0. The Hall–Kier alpha value is -3.89. The molecule has 8 nitrogen and oxygen atoms in total. The highest BCUT2D eigenvalue weighted by atomic mass is 19.4. The quantitative estimate of drug-likeness (QED) is 0.436. The van der Waals surface area contributed by atoms with E-state index in [1.54, 1.807) is 31.5 Å². The molecule has 0 aliphatic heterocycles. The maximum atomic E-state index is 13.4. The topological polar surface area (TPSA) is 86.5 Å². The van der Waals surface area contributed by atoms with Crippen LogP contribution in [0.1, 0.15) is 35.0 Å². The van der Waals surface area contributed by atoms with Gasteiger partial charge in [-0.2, -0.15) is 18.3 Å². The highest BCUT2D eigenvalue weighted by molar-refractivity contribution is 5.95. The van der Waals surface area contributed by atoms with Gasteiger partial charge >= 0.3 is 12.1 Å². The summed E-state index contributed by atoms with van der Waals surface area (Å²) in [6.45, 7) is 2.06. The zero-order valence-electron chi connectivity index (χ0n) is 18.6. The zero-order valence-corrected chi connectivity index (χ0v) is 18.6. The minimum atomic E-state index is -4.53. The van der Waals surface area contributed by atoms with Crippen molar-refractivity contribution in [3.05, 3.63) is 71.8 Å². The number of carbonyl (C=O) groups excluding carboxylic acids is 2. The summed E-state index contributed by atoms with van der Waals surface area (Å²) in [6.07, 6.45) is -0.0660. The molecule has 180 valence electrons. The van der Waals surface area contributed by atoms with Crippen molar-refractivity contribution in [3.63, 3.8) is 0 Å². The van der Waals surface area contributed by atoms with E-state index < -0.39 is 23.6 Å². The van der Waals surface area contributed by atoms with Gasteiger partial charge in [-0.1, -0.05) is 12.1 Å². The Labute approximate surface area is 193 Å². The molecule has 0 aliphatic carbocycles. The van der Waals surface area contributed by atoms with E-state index in [0.29, 0.717) is 0 Å². The molecule has 11 heteroatoms. The summed E-state index contributed by atoms with van der Waals surface area (Å²) >= 11 is 0. The summed E-state index contributed by atoms with van der Waals surface area (Å²) in [4.78, 5) is 30.7. The molecule has 3 rings (SSSR count). The molecule has 2 aromatic heterocycles. The molecule has 0 saturated carbocycles. The number of amides is 1. The lowest BCUT2D eigenvalue weighted by Crippen LogP contribution is -2.33. The molecular formula is C23H23F3N4O4. The number of carbonyl (C=O) groups is 2. The second-order valence-corrected chi connectivity index (χ2v) is 7.18. The lowest BCUT2D eigenvalue weighted by molar-refractivity contribution is -0.143. The van der Waals surface area contributed by atoms with Crippen molar-refractivity contribution in [3.8, 4) is 11.4 Å². The van der Waals surface area contributed by atoms with Gasteiger partial charge in [0.2, 0.25) is 0 Å². The molecule has 0 radical (unpaired) electrons. The molecule has 0 bridgehead atoms. The SMILES string of the molecule is CCOC(=O)CCN(Cc1cccnc1)C(=O)c1nn(-c2cccc(C(F)(F)F)c2)cc1OC. The van der Waals surface area contributed by atoms with E-state index in [-0.39, 0.29) is 43.2 Å². The van der Waals surface area contributed by atoms with Crippen LogP contribution in [0.4, 0.5) is 13.2 Å². The summed E-state index contributed by atoms with van der Waals surface area (Å²) in [7, 11) is 1.33. The van der Waals surface area contributed by atoms with Gasteiger partial charge in [0.15, 0.2) is 11.4 Å². The molecular weight excluding hydrogens is 453 g/mol. The van der Waals surface area contributed by atoms with E-state index in [9.17, 15) is 22.8 Å². The van der Waals surface area contributed by atoms with Gasteiger partial charge in [-0.25, -0.2) is 4.68 Å². The van der Waals surface area contributed by atoms with Gasteiger partial charge in [0.05, 0.1) is 37.6 Å². The summed E-state index contributed by atoms with van der Waals surface area (Å²) < 4.78 is 50.7. The van der Waals surface area contributed by atoms with Crippen LogP contribution in [-0.2, 0) is 22.3 Å². The zero-order chi connectivity index (χ0) is 24.7. The number of benzene rings is 1. The third-order valence-electron chi connectivity index (χ3n) is 4.82. The molecule has 0 unspecified atom stereocenters. The third kappa shape index (κ3) is 6.12. The van der Waals surface area contributed by atoms with Gasteiger partial charge in [-0.15, -0.1) is 0 Å². The highest BCUT2D eigenvalue weighted by Gasteiger charge is 2.31. The van der Waals surface area contributed by atoms with Crippen molar-refractivity contribution in [2.75, 3.05) is 20.3 Å². The van der Waals surface area contributed by atoms with Crippen LogP contribution in [0.5, 0.6) is 5.75 Å². The second kappa shape index (κ2) is 10.8. The van der Waals surface area contributed by atoms with Gasteiger partial charge in [0.1, 0.15) is 0 Å². The van der Waals surface area contributed by atoms with E-state index in [4.69, 9.17) is 9.47 Å². The summed E-state index contributed by atoms with van der Waals surface area (Å²) in [5.74, 6) is -0.946. The number of esters is 1. The van der Waals surface area contributed by atoms with E-state index in [2.05, 4.69) is 10.1 Å². The fourth-order valence-electron chi connectivity index (χ4n) is 3.19. The number of hydrogen-bond acceptors (Lipinski definition) is 6. The van der Waals surface area contributed by atoms with Gasteiger partial charge in [0, 0.05) is 25.5 Å². The van der Waals surface area contributed by atoms with Crippen LogP contribution in [0.2, 0.25) is 0 Å². The van der Waals surface area contributed by atoms with Crippen LogP contribution in [-0.4, -0.2) is 51.8 Å². The molecule has 0 aliphatic rings. The number of halogens is 3. The van der Waals surface area contributed by atoms with Crippen LogP contribution >= 0.6 is 0 Å². The van der Waals surface area contributed by atoms with Crippen molar-refractivity contribution < 1.29 is 32.2 Å². The Bertz CT molecular complexity index is 1130. The van der Waals surface area contributed by atoms with Crippen LogP contribution in [0, 0.1) is 0 Å². The predicted octanol–water partition coefficient (Wildman–Crippen LogP) is 3.89. The molecule has 34 heavy (non-hydrogen) atoms. The molecule has 0 N–H and O–H groups in total. The van der Waals surface area contributed by atoms with Crippen LogP contribution in [0.15, 0.2) is 55.0 Å². The van der Waals surface area contributed by atoms with E-state index >= 15 is 0 Å². The first-order valence-electron chi connectivity index (χ1n) is 10.4. The summed E-state index contributed by atoms with van der Waals surface area (Å²) in [6, 6.07) is 8.05. The van der Waals surface area contributed by atoms with E-state index in [1.807, 2.05) is 0 Å². The first-order chi connectivity index (χ1) is 16.2. The Balaban J connectivity index is 1.92. The normalized spacial score (nSPS) is 11.2. The number of rotatable bonds is 9. The molecule has 1 amide bonds. The molecule has 2 heterocycles. The largest absolute Gasteiger partial charge is 0.493 e. The van der Waals surface area contributed by atoms with Crippen molar-refractivity contribution in [2.45, 2.75) is 26.1 Å². The smallest absolute Gasteiger partial charge is 0.416 e. The summed E-state index contributed by atoms with van der Waals surface area (Å²) in [5.41, 5.74) is -0.124. The molecule has 1 aromatic carbocycles. The Morgan fingerprint density at radius 3 is 2.62 bits per heavy atom. The second-order valence-electron chi connectivity index (χ2n) is 7.18. The Morgan fingerprint density at radius 1 is 1.18 bits per heavy atom. The number of ether oxygens (including phenoxy) is 2. The Morgan fingerprint density at radius 2 is 1.97 bits per heavy atom. The Kier molecular flexibility index (Phi) is 7.87. The van der Waals surface area contributed by atoms with Crippen LogP contribution < -0.4 is 4.74 Å². The standard InChI is InChI=1S/C23H23F3N4O4/c1-3-34-20(31)9-11-29(14-16-6-5-10-27-13-16)22(32)21-19(33-2)15-30(28-21)18-8-4-7-17(12-18)23(24,25)26/h4-8,10,12-13,15H,3,9,11,14H2,1-2H3. The lowest BCUT2D eigenvalue weighted by atomic mass is 10.2. The maximum absolute atomic E-state index is 13.4. The highest BCUT2D eigenvalue weighted by Crippen LogP contribution is 2.31. The molecule has 0 saturated heterocycles. The number of aromatic nitrogens is 3. The minimum absolute atomic E-state index is 0.0339. The first-order valence-corrected chi connectivity index (χ1v) is 10.4. The third-order valence-corrected chi connectivity index (χ3v) is 4.82. The van der Waals surface area contributed by atoms with E-state index in [0.717, 1.165) is 22.4 Å². The molecule has 0 spiro atoms. The lowest BCUT2D eigenvalue weighted by Gasteiger charge is -2.21. The van der Waals surface area contributed by atoms with E-state index in [1.165, 1.54) is 30.3 Å². The minimum Gasteiger partial charge on any atom is -0.493 e. The van der Waals surface area contributed by atoms with Crippen molar-refractivity contribution in [1.82, 2.24) is 19.7 Å². The fourth-order valence-corrected chi connectivity index (χ4v) is 3.19. The predicted molar refractivity (Wildman–Crippen MR) is 115 cm³/mol. The molecule has 0 atom stereocenters. The van der Waals surface area contributed by atoms with Gasteiger partial charge in [-0.3, -0.25) is 14.6 Å². The number of nitrogens with zero attached hydrogens (tertiary/aromatic N) is 4. The van der Waals surface area contributed by atoms with Gasteiger partial charge in [-0.05, 0) is 36.8 Å². The molecule has 3 aromatic rings. The van der Waals surface area contributed by atoms with Crippen molar-refractivity contribution in [1.29, 1.82) is 0 Å². The van der Waals surface area contributed by atoms with Crippen LogP contribution in [0.3, 0.4) is 0 Å². The molecule has 0 fully saturated rings. The van der Waals surface area contributed by atoms with Crippen molar-refractivity contribution in [2.24, 2.45) is 0 Å². The van der Waals surface area contributed by atoms with Crippen LogP contribution in [0.25, 0.3) is 5.69 Å². The maximum Gasteiger partial charge on any atom is 0.416 e.